The minimum absolute atomic E-state index is 0.0671. The molecule has 0 saturated carbocycles. The molecule has 0 spiro atoms. The van der Waals surface area contributed by atoms with Gasteiger partial charge >= 0.3 is 0 Å². The Morgan fingerprint density at radius 3 is 3.07 bits per heavy atom. The van der Waals surface area contributed by atoms with E-state index < -0.39 is 0 Å². The van der Waals surface area contributed by atoms with Crippen molar-refractivity contribution in [1.29, 1.82) is 0 Å². The lowest BCUT2D eigenvalue weighted by atomic mass is 10.2. The summed E-state index contributed by atoms with van der Waals surface area (Å²) in [5, 5.41) is 2.81. The molecule has 0 radical (unpaired) electrons. The Bertz CT molecular complexity index is 301. The van der Waals surface area contributed by atoms with Gasteiger partial charge in [-0.3, -0.25) is 4.79 Å². The van der Waals surface area contributed by atoms with Crippen LogP contribution < -0.4 is 5.32 Å². The fraction of sp³-hybridized carbons (Fsp3) is 0.417. The highest BCUT2D eigenvalue weighted by molar-refractivity contribution is 5.91. The number of furan rings is 1. The van der Waals surface area contributed by atoms with Crippen LogP contribution in [0.5, 0.6) is 0 Å². The number of unbranched alkanes of at least 4 members (excludes halogenated alkanes) is 2. The molecule has 0 saturated heterocycles. The second-order valence-electron chi connectivity index (χ2n) is 3.35. The molecule has 1 rings (SSSR count). The fourth-order valence-corrected chi connectivity index (χ4v) is 1.19. The van der Waals surface area contributed by atoms with E-state index in [0.29, 0.717) is 5.76 Å². The maximum atomic E-state index is 11.3. The standard InChI is InChI=1S/C12H17NO2/c1-2-3-4-9-13-12(14)8-7-11-6-5-10-15-11/h5-8,10H,2-4,9H2,1H3,(H,13,14)/b8-7+. The average molecular weight is 207 g/mol. The van der Waals surface area contributed by atoms with Gasteiger partial charge in [-0.05, 0) is 24.6 Å². The molecule has 0 bridgehead atoms. The van der Waals surface area contributed by atoms with Gasteiger partial charge in [0.25, 0.3) is 0 Å². The van der Waals surface area contributed by atoms with Gasteiger partial charge < -0.3 is 9.73 Å². The van der Waals surface area contributed by atoms with Crippen LogP contribution in [0.4, 0.5) is 0 Å². The van der Waals surface area contributed by atoms with Crippen molar-refractivity contribution in [2.45, 2.75) is 26.2 Å². The Hall–Kier alpha value is -1.51. The Labute approximate surface area is 90.2 Å². The number of carbonyl (C=O) groups is 1. The maximum absolute atomic E-state index is 11.3. The van der Waals surface area contributed by atoms with E-state index in [2.05, 4.69) is 12.2 Å². The number of hydrogen-bond acceptors (Lipinski definition) is 2. The first kappa shape index (κ1) is 11.6. The van der Waals surface area contributed by atoms with Crippen molar-refractivity contribution >= 4 is 12.0 Å². The van der Waals surface area contributed by atoms with Crippen LogP contribution in [0.1, 0.15) is 31.9 Å². The van der Waals surface area contributed by atoms with Gasteiger partial charge in [0.05, 0.1) is 6.26 Å². The first-order valence-corrected chi connectivity index (χ1v) is 5.32. The van der Waals surface area contributed by atoms with E-state index in [9.17, 15) is 4.79 Å². The summed E-state index contributed by atoms with van der Waals surface area (Å²) in [6, 6.07) is 3.60. The molecule has 1 aromatic rings. The van der Waals surface area contributed by atoms with Crippen molar-refractivity contribution in [1.82, 2.24) is 5.32 Å². The lowest BCUT2D eigenvalue weighted by Crippen LogP contribution is -2.21. The van der Waals surface area contributed by atoms with Gasteiger partial charge in [0.15, 0.2) is 0 Å². The summed E-state index contributed by atoms with van der Waals surface area (Å²) in [6.07, 6.45) is 8.09. The highest BCUT2D eigenvalue weighted by Gasteiger charge is 1.94. The molecule has 0 unspecified atom stereocenters. The molecule has 0 aromatic carbocycles. The number of rotatable bonds is 6. The molecule has 1 amide bonds. The second kappa shape index (κ2) is 6.87. The molecule has 1 aromatic heterocycles. The normalized spacial score (nSPS) is 10.7. The summed E-state index contributed by atoms with van der Waals surface area (Å²) >= 11 is 0. The maximum Gasteiger partial charge on any atom is 0.244 e. The van der Waals surface area contributed by atoms with E-state index in [4.69, 9.17) is 4.42 Å². The zero-order valence-electron chi connectivity index (χ0n) is 9.03. The van der Waals surface area contributed by atoms with Gasteiger partial charge in [0, 0.05) is 12.6 Å². The summed E-state index contributed by atoms with van der Waals surface area (Å²) in [7, 11) is 0. The molecule has 3 heteroatoms. The highest BCUT2D eigenvalue weighted by Crippen LogP contribution is 2.01. The summed E-state index contributed by atoms with van der Waals surface area (Å²) in [6.45, 7) is 2.88. The molecule has 0 aliphatic carbocycles. The van der Waals surface area contributed by atoms with Crippen molar-refractivity contribution in [3.8, 4) is 0 Å². The lowest BCUT2D eigenvalue weighted by Gasteiger charge is -1.99. The van der Waals surface area contributed by atoms with Crippen molar-refractivity contribution in [3.63, 3.8) is 0 Å². The van der Waals surface area contributed by atoms with Gasteiger partial charge in [-0.2, -0.15) is 0 Å². The molecule has 1 heterocycles. The van der Waals surface area contributed by atoms with Gasteiger partial charge in [-0.25, -0.2) is 0 Å². The van der Waals surface area contributed by atoms with Crippen LogP contribution in [0, 0.1) is 0 Å². The summed E-state index contributed by atoms with van der Waals surface area (Å²) < 4.78 is 5.06. The summed E-state index contributed by atoms with van der Waals surface area (Å²) in [4.78, 5) is 11.3. The van der Waals surface area contributed by atoms with Crippen LogP contribution in [0.2, 0.25) is 0 Å². The van der Waals surface area contributed by atoms with Gasteiger partial charge in [0.2, 0.25) is 5.91 Å². The van der Waals surface area contributed by atoms with E-state index in [0.717, 1.165) is 25.8 Å². The van der Waals surface area contributed by atoms with Gasteiger partial charge in [0.1, 0.15) is 5.76 Å². The third-order valence-corrected chi connectivity index (χ3v) is 2.02. The average Bonchev–Trinajstić information content (AvgIpc) is 2.74. The predicted molar refractivity (Wildman–Crippen MR) is 60.3 cm³/mol. The number of hydrogen-bond donors (Lipinski definition) is 1. The zero-order chi connectivity index (χ0) is 10.9. The topological polar surface area (TPSA) is 42.2 Å². The van der Waals surface area contributed by atoms with E-state index in [1.165, 1.54) is 6.08 Å². The minimum Gasteiger partial charge on any atom is -0.465 e. The smallest absolute Gasteiger partial charge is 0.244 e. The molecule has 0 fully saturated rings. The third-order valence-electron chi connectivity index (χ3n) is 2.02. The largest absolute Gasteiger partial charge is 0.465 e. The van der Waals surface area contributed by atoms with Crippen LogP contribution >= 0.6 is 0 Å². The number of carbonyl (C=O) groups excluding carboxylic acids is 1. The predicted octanol–water partition coefficient (Wildman–Crippen LogP) is 2.60. The lowest BCUT2D eigenvalue weighted by molar-refractivity contribution is -0.116. The Kier molecular flexibility index (Phi) is 5.30. The SMILES string of the molecule is CCCCCNC(=O)/C=C/c1ccco1. The third kappa shape index (κ3) is 5.05. The van der Waals surface area contributed by atoms with E-state index in [-0.39, 0.29) is 5.91 Å². The van der Waals surface area contributed by atoms with Crippen LogP contribution in [-0.2, 0) is 4.79 Å². The van der Waals surface area contributed by atoms with E-state index in [1.807, 2.05) is 0 Å². The second-order valence-corrected chi connectivity index (χ2v) is 3.35. The first-order valence-electron chi connectivity index (χ1n) is 5.32. The quantitative estimate of drug-likeness (QED) is 0.575. The molecular formula is C12H17NO2. The zero-order valence-corrected chi connectivity index (χ0v) is 9.03. The molecule has 15 heavy (non-hydrogen) atoms. The van der Waals surface area contributed by atoms with E-state index in [1.54, 1.807) is 24.5 Å². The summed E-state index contributed by atoms with van der Waals surface area (Å²) in [5.41, 5.74) is 0. The van der Waals surface area contributed by atoms with Crippen LogP contribution in [0.15, 0.2) is 28.9 Å². The first-order chi connectivity index (χ1) is 7.33. The Balaban J connectivity index is 2.18. The molecule has 82 valence electrons. The fourth-order valence-electron chi connectivity index (χ4n) is 1.19. The highest BCUT2D eigenvalue weighted by atomic mass is 16.3. The molecule has 0 atom stereocenters. The molecule has 3 nitrogen and oxygen atoms in total. The molecule has 0 aliphatic heterocycles. The van der Waals surface area contributed by atoms with Gasteiger partial charge in [-0.15, -0.1) is 0 Å². The molecular weight excluding hydrogens is 190 g/mol. The van der Waals surface area contributed by atoms with Crippen LogP contribution in [0.25, 0.3) is 6.08 Å². The Morgan fingerprint density at radius 2 is 2.40 bits per heavy atom. The van der Waals surface area contributed by atoms with Crippen molar-refractivity contribution in [2.24, 2.45) is 0 Å². The van der Waals surface area contributed by atoms with Crippen molar-refractivity contribution in [3.05, 3.63) is 30.2 Å². The van der Waals surface area contributed by atoms with Crippen LogP contribution in [-0.4, -0.2) is 12.5 Å². The minimum atomic E-state index is -0.0671. The van der Waals surface area contributed by atoms with Gasteiger partial charge in [-0.1, -0.05) is 19.8 Å². The molecule has 1 N–H and O–H groups in total. The molecule has 0 aliphatic rings. The Morgan fingerprint density at radius 1 is 1.53 bits per heavy atom. The summed E-state index contributed by atoms with van der Waals surface area (Å²) in [5.74, 6) is 0.626. The number of nitrogens with one attached hydrogen (secondary N) is 1. The monoisotopic (exact) mass is 207 g/mol. The van der Waals surface area contributed by atoms with E-state index >= 15 is 0 Å². The number of amides is 1. The van der Waals surface area contributed by atoms with Crippen molar-refractivity contribution in [2.75, 3.05) is 6.54 Å². The van der Waals surface area contributed by atoms with Crippen molar-refractivity contribution < 1.29 is 9.21 Å². The van der Waals surface area contributed by atoms with Crippen LogP contribution in [0.3, 0.4) is 0 Å².